The maximum Gasteiger partial charge on any atom is 0.328 e. The molecule has 0 saturated carbocycles. The minimum absolute atomic E-state index is 0.406. The molecule has 0 bridgehead atoms. The van der Waals surface area contributed by atoms with Crippen molar-refractivity contribution in [3.8, 4) is 11.6 Å². The fourth-order valence-electron chi connectivity index (χ4n) is 2.57. The zero-order chi connectivity index (χ0) is 17.8. The van der Waals surface area contributed by atoms with Crippen molar-refractivity contribution in [1.82, 2.24) is 14.8 Å². The number of methoxy groups -OCH3 is 2. The maximum atomic E-state index is 10.8. The predicted octanol–water partition coefficient (Wildman–Crippen LogP) is 2.59. The molecule has 0 amide bonds. The Morgan fingerprint density at radius 3 is 2.60 bits per heavy atom. The van der Waals surface area contributed by atoms with Crippen LogP contribution in [0.25, 0.3) is 17.0 Å². The number of ether oxygens (including phenoxy) is 2. The van der Waals surface area contributed by atoms with Crippen molar-refractivity contribution in [3.05, 3.63) is 53.9 Å². The first-order valence-corrected chi connectivity index (χ1v) is 7.56. The lowest BCUT2D eigenvalue weighted by Crippen LogP contribution is -2.02. The van der Waals surface area contributed by atoms with Crippen LogP contribution in [-0.2, 0) is 11.3 Å². The van der Waals surface area contributed by atoms with Gasteiger partial charge in [0.25, 0.3) is 0 Å². The van der Waals surface area contributed by atoms with Crippen LogP contribution in [0.4, 0.5) is 0 Å². The fraction of sp³-hybridized carbons (Fsp3) is 0.167. The van der Waals surface area contributed by atoms with Crippen LogP contribution in [-0.4, -0.2) is 40.1 Å². The molecule has 0 aliphatic rings. The van der Waals surface area contributed by atoms with Crippen LogP contribution in [0.5, 0.6) is 11.6 Å². The van der Waals surface area contributed by atoms with E-state index in [1.807, 2.05) is 30.3 Å². The minimum atomic E-state index is -1.04. The third-order valence-electron chi connectivity index (χ3n) is 3.73. The van der Waals surface area contributed by atoms with Crippen LogP contribution < -0.4 is 9.47 Å². The molecule has 0 unspecified atom stereocenters. The molecule has 25 heavy (non-hydrogen) atoms. The number of pyridine rings is 1. The summed E-state index contributed by atoms with van der Waals surface area (Å²) in [5.74, 6) is 0.147. The number of rotatable bonds is 6. The minimum Gasteiger partial charge on any atom is -0.497 e. The number of fused-ring (bicyclic) bond motifs is 1. The van der Waals surface area contributed by atoms with Gasteiger partial charge >= 0.3 is 5.97 Å². The zero-order valence-corrected chi connectivity index (χ0v) is 13.8. The summed E-state index contributed by atoms with van der Waals surface area (Å²) >= 11 is 0. The molecule has 0 aliphatic carbocycles. The Morgan fingerprint density at radius 2 is 1.96 bits per heavy atom. The Bertz CT molecular complexity index is 929. The average molecular weight is 339 g/mol. The summed E-state index contributed by atoms with van der Waals surface area (Å²) < 4.78 is 12.3. The van der Waals surface area contributed by atoms with Gasteiger partial charge in [-0.3, -0.25) is 4.68 Å². The second-order valence-electron chi connectivity index (χ2n) is 5.28. The van der Waals surface area contributed by atoms with Crippen molar-refractivity contribution in [2.75, 3.05) is 14.2 Å². The summed E-state index contributed by atoms with van der Waals surface area (Å²) in [6.07, 6.45) is 4.13. The highest BCUT2D eigenvalue weighted by molar-refractivity contribution is 5.94. The van der Waals surface area contributed by atoms with Crippen molar-refractivity contribution < 1.29 is 19.4 Å². The van der Waals surface area contributed by atoms with Crippen molar-refractivity contribution in [2.45, 2.75) is 6.54 Å². The molecule has 3 aromatic rings. The number of carboxylic acid groups (broad SMARTS) is 1. The van der Waals surface area contributed by atoms with E-state index >= 15 is 0 Å². The molecule has 0 radical (unpaired) electrons. The molecule has 0 fully saturated rings. The van der Waals surface area contributed by atoms with Crippen LogP contribution in [0.2, 0.25) is 0 Å². The molecule has 0 spiro atoms. The summed E-state index contributed by atoms with van der Waals surface area (Å²) in [4.78, 5) is 15.0. The van der Waals surface area contributed by atoms with E-state index in [0.29, 0.717) is 23.5 Å². The van der Waals surface area contributed by atoms with Gasteiger partial charge in [-0.2, -0.15) is 5.10 Å². The highest BCUT2D eigenvalue weighted by Crippen LogP contribution is 2.28. The summed E-state index contributed by atoms with van der Waals surface area (Å²) in [5, 5.41) is 14.1. The van der Waals surface area contributed by atoms with E-state index in [2.05, 4.69) is 10.1 Å². The molecule has 128 valence electrons. The molecule has 2 heterocycles. The van der Waals surface area contributed by atoms with Crippen molar-refractivity contribution in [1.29, 1.82) is 0 Å². The first-order chi connectivity index (χ1) is 12.1. The smallest absolute Gasteiger partial charge is 0.328 e. The molecule has 3 rings (SSSR count). The molecular weight excluding hydrogens is 322 g/mol. The third-order valence-corrected chi connectivity index (χ3v) is 3.73. The molecule has 1 aromatic carbocycles. The number of hydrogen-bond donors (Lipinski definition) is 1. The van der Waals surface area contributed by atoms with E-state index < -0.39 is 5.97 Å². The van der Waals surface area contributed by atoms with Crippen LogP contribution in [0, 0.1) is 0 Å². The normalized spacial score (nSPS) is 11.1. The Balaban J connectivity index is 2.06. The van der Waals surface area contributed by atoms with E-state index in [0.717, 1.165) is 22.9 Å². The van der Waals surface area contributed by atoms with Crippen molar-refractivity contribution >= 4 is 22.9 Å². The van der Waals surface area contributed by atoms with Crippen molar-refractivity contribution in [3.63, 3.8) is 0 Å². The van der Waals surface area contributed by atoms with Crippen LogP contribution >= 0.6 is 0 Å². The SMILES string of the molecule is COc1ccc(Cn2nc(C=CC(=O)O)c3c(OC)nccc32)cc1. The topological polar surface area (TPSA) is 86.5 Å². The zero-order valence-electron chi connectivity index (χ0n) is 13.8. The molecule has 7 nitrogen and oxygen atoms in total. The number of carbonyl (C=O) groups is 1. The van der Waals surface area contributed by atoms with E-state index in [-0.39, 0.29) is 0 Å². The lowest BCUT2D eigenvalue weighted by atomic mass is 10.2. The molecule has 2 aromatic heterocycles. The molecule has 0 aliphatic heterocycles. The summed E-state index contributed by atoms with van der Waals surface area (Å²) in [7, 11) is 3.14. The predicted molar refractivity (Wildman–Crippen MR) is 92.8 cm³/mol. The Morgan fingerprint density at radius 1 is 1.20 bits per heavy atom. The molecule has 1 N–H and O–H groups in total. The number of carboxylic acids is 1. The highest BCUT2D eigenvalue weighted by Gasteiger charge is 2.15. The summed E-state index contributed by atoms with van der Waals surface area (Å²) in [6, 6.07) is 9.50. The van der Waals surface area contributed by atoms with Gasteiger partial charge in [-0.25, -0.2) is 9.78 Å². The van der Waals surface area contributed by atoms with Gasteiger partial charge in [0.1, 0.15) is 5.75 Å². The van der Waals surface area contributed by atoms with Gasteiger partial charge in [0.15, 0.2) is 0 Å². The fourth-order valence-corrected chi connectivity index (χ4v) is 2.57. The van der Waals surface area contributed by atoms with E-state index in [1.165, 1.54) is 13.2 Å². The summed E-state index contributed by atoms with van der Waals surface area (Å²) in [6.45, 7) is 0.522. The van der Waals surface area contributed by atoms with E-state index in [9.17, 15) is 4.79 Å². The Kier molecular flexibility index (Phi) is 4.65. The van der Waals surface area contributed by atoms with E-state index in [4.69, 9.17) is 14.6 Å². The molecular formula is C18H17N3O4. The highest BCUT2D eigenvalue weighted by atomic mass is 16.5. The molecule has 0 saturated heterocycles. The number of aliphatic carboxylic acids is 1. The van der Waals surface area contributed by atoms with Crippen LogP contribution in [0.15, 0.2) is 42.6 Å². The molecule has 0 atom stereocenters. The monoisotopic (exact) mass is 339 g/mol. The van der Waals surface area contributed by atoms with Gasteiger partial charge in [-0.1, -0.05) is 12.1 Å². The lowest BCUT2D eigenvalue weighted by molar-refractivity contribution is -0.131. The quantitative estimate of drug-likeness (QED) is 0.695. The van der Waals surface area contributed by atoms with E-state index in [1.54, 1.807) is 18.0 Å². The van der Waals surface area contributed by atoms with Gasteiger partial charge in [0.2, 0.25) is 5.88 Å². The first kappa shape index (κ1) is 16.5. The maximum absolute atomic E-state index is 10.8. The number of benzene rings is 1. The number of aromatic nitrogens is 3. The van der Waals surface area contributed by atoms with Gasteiger partial charge in [-0.15, -0.1) is 0 Å². The van der Waals surface area contributed by atoms with Gasteiger partial charge in [0.05, 0.1) is 37.4 Å². The average Bonchev–Trinajstić information content (AvgIpc) is 2.98. The van der Waals surface area contributed by atoms with Gasteiger partial charge in [-0.05, 0) is 29.8 Å². The second kappa shape index (κ2) is 7.04. The Hall–Kier alpha value is -3.35. The standard InChI is InChI=1S/C18H17N3O4/c1-24-13-5-3-12(4-6-13)11-21-15-9-10-19-18(25-2)17(15)14(20-21)7-8-16(22)23/h3-10H,11H2,1-2H3,(H,22,23). The van der Waals surface area contributed by atoms with Gasteiger partial charge in [0, 0.05) is 12.3 Å². The first-order valence-electron chi connectivity index (χ1n) is 7.56. The van der Waals surface area contributed by atoms with Crippen LogP contribution in [0.1, 0.15) is 11.3 Å². The van der Waals surface area contributed by atoms with Gasteiger partial charge < -0.3 is 14.6 Å². The van der Waals surface area contributed by atoms with Crippen LogP contribution in [0.3, 0.4) is 0 Å². The summed E-state index contributed by atoms with van der Waals surface area (Å²) in [5.41, 5.74) is 2.35. The van der Waals surface area contributed by atoms with Crippen molar-refractivity contribution in [2.24, 2.45) is 0 Å². The molecule has 7 heteroatoms. The number of hydrogen-bond acceptors (Lipinski definition) is 5. The second-order valence-corrected chi connectivity index (χ2v) is 5.28. The Labute approximate surface area is 144 Å². The third kappa shape index (κ3) is 3.45. The lowest BCUT2D eigenvalue weighted by Gasteiger charge is -2.06. The number of nitrogens with zero attached hydrogens (tertiary/aromatic N) is 3. The largest absolute Gasteiger partial charge is 0.497 e.